The summed E-state index contributed by atoms with van der Waals surface area (Å²) in [6, 6.07) is 6.58. The summed E-state index contributed by atoms with van der Waals surface area (Å²) in [5.74, 6) is 5.69. The van der Waals surface area contributed by atoms with Gasteiger partial charge in [-0.05, 0) is 37.0 Å². The number of rotatable bonds is 11. The van der Waals surface area contributed by atoms with Gasteiger partial charge in [0.2, 0.25) is 0 Å². The zero-order valence-electron chi connectivity index (χ0n) is 13.6. The fraction of sp³-hybridized carbons (Fsp3) is 0.667. The predicted molar refractivity (Wildman–Crippen MR) is 93.6 cm³/mol. The molecular weight excluding hydrogens is 280 g/mol. The molecule has 0 aliphatic rings. The second-order valence-corrected chi connectivity index (χ2v) is 6.48. The molecule has 0 saturated carbocycles. The van der Waals surface area contributed by atoms with Crippen LogP contribution in [0.25, 0.3) is 0 Å². The second kappa shape index (κ2) is 11.1. The van der Waals surface area contributed by atoms with E-state index in [4.69, 9.17) is 17.4 Å². The third-order valence-corrected chi connectivity index (χ3v) is 4.42. The van der Waals surface area contributed by atoms with E-state index in [1.807, 2.05) is 6.07 Å². The summed E-state index contributed by atoms with van der Waals surface area (Å²) < 4.78 is 0. The lowest BCUT2D eigenvalue weighted by Crippen LogP contribution is -2.36. The van der Waals surface area contributed by atoms with Gasteiger partial charge < -0.3 is 0 Å². The van der Waals surface area contributed by atoms with Gasteiger partial charge in [-0.15, -0.1) is 0 Å². The number of hydrazine groups is 1. The molecule has 120 valence electrons. The van der Waals surface area contributed by atoms with E-state index in [-0.39, 0.29) is 0 Å². The van der Waals surface area contributed by atoms with Gasteiger partial charge in [0, 0.05) is 11.1 Å². The number of halogens is 1. The van der Waals surface area contributed by atoms with E-state index in [0.717, 1.165) is 17.9 Å². The zero-order valence-corrected chi connectivity index (χ0v) is 14.4. The Kier molecular flexibility index (Phi) is 9.73. The topological polar surface area (TPSA) is 38.0 Å². The molecule has 1 rings (SSSR count). The first-order chi connectivity index (χ1) is 10.2. The molecule has 1 aromatic carbocycles. The Morgan fingerprint density at radius 3 is 2.38 bits per heavy atom. The SMILES string of the molecule is CCCCCCCCCC(Cc1ccc(C)cc1Cl)NN. The monoisotopic (exact) mass is 310 g/mol. The largest absolute Gasteiger partial charge is 0.271 e. The van der Waals surface area contributed by atoms with Crippen molar-refractivity contribution in [2.75, 3.05) is 0 Å². The number of aryl methyl sites for hydroxylation is 1. The number of hydrogen-bond acceptors (Lipinski definition) is 2. The highest BCUT2D eigenvalue weighted by atomic mass is 35.5. The standard InChI is InChI=1S/C18H31ClN2/c1-3-4-5-6-7-8-9-10-17(21-20)14-16-12-11-15(2)13-18(16)19/h11-13,17,21H,3-10,14,20H2,1-2H3. The van der Waals surface area contributed by atoms with Crippen molar-refractivity contribution in [1.82, 2.24) is 5.43 Å². The highest BCUT2D eigenvalue weighted by Gasteiger charge is 2.10. The van der Waals surface area contributed by atoms with Crippen molar-refractivity contribution in [3.05, 3.63) is 34.3 Å². The molecule has 1 atom stereocenters. The highest BCUT2D eigenvalue weighted by Crippen LogP contribution is 2.20. The Morgan fingerprint density at radius 1 is 1.10 bits per heavy atom. The summed E-state index contributed by atoms with van der Waals surface area (Å²) >= 11 is 6.29. The minimum absolute atomic E-state index is 0.320. The molecule has 21 heavy (non-hydrogen) atoms. The Balaban J connectivity index is 2.25. The van der Waals surface area contributed by atoms with Crippen molar-refractivity contribution < 1.29 is 0 Å². The van der Waals surface area contributed by atoms with E-state index in [1.54, 1.807) is 0 Å². The number of nitrogens with two attached hydrogens (primary N) is 1. The average molecular weight is 311 g/mol. The third-order valence-electron chi connectivity index (χ3n) is 4.07. The lowest BCUT2D eigenvalue weighted by molar-refractivity contribution is 0.458. The van der Waals surface area contributed by atoms with Crippen molar-refractivity contribution in [2.45, 2.75) is 77.7 Å². The molecule has 1 aromatic rings. The molecule has 3 heteroatoms. The highest BCUT2D eigenvalue weighted by molar-refractivity contribution is 6.31. The van der Waals surface area contributed by atoms with Crippen LogP contribution in [0.15, 0.2) is 18.2 Å². The van der Waals surface area contributed by atoms with Crippen LogP contribution >= 0.6 is 11.6 Å². The van der Waals surface area contributed by atoms with Crippen molar-refractivity contribution in [3.63, 3.8) is 0 Å². The first kappa shape index (κ1) is 18.5. The summed E-state index contributed by atoms with van der Waals surface area (Å²) in [6.45, 7) is 4.32. The lowest BCUT2D eigenvalue weighted by atomic mass is 9.99. The Labute approximate surface area is 135 Å². The molecule has 2 nitrogen and oxygen atoms in total. The van der Waals surface area contributed by atoms with Crippen LogP contribution in [-0.4, -0.2) is 6.04 Å². The maximum Gasteiger partial charge on any atom is 0.0441 e. The van der Waals surface area contributed by atoms with Crippen LogP contribution in [0.3, 0.4) is 0 Å². The van der Waals surface area contributed by atoms with Crippen molar-refractivity contribution >= 4 is 11.6 Å². The molecule has 0 heterocycles. The van der Waals surface area contributed by atoms with Crippen LogP contribution in [0.2, 0.25) is 5.02 Å². The van der Waals surface area contributed by atoms with Crippen molar-refractivity contribution in [3.8, 4) is 0 Å². The van der Waals surface area contributed by atoms with Crippen LogP contribution in [0, 0.1) is 6.92 Å². The number of unbranched alkanes of at least 4 members (excludes halogenated alkanes) is 6. The molecule has 3 N–H and O–H groups in total. The van der Waals surface area contributed by atoms with Crippen LogP contribution in [0.5, 0.6) is 0 Å². The van der Waals surface area contributed by atoms with Crippen LogP contribution in [-0.2, 0) is 6.42 Å². The molecule has 0 radical (unpaired) electrons. The van der Waals surface area contributed by atoms with E-state index >= 15 is 0 Å². The first-order valence-electron chi connectivity index (χ1n) is 8.38. The minimum atomic E-state index is 0.320. The fourth-order valence-corrected chi connectivity index (χ4v) is 2.99. The normalized spacial score (nSPS) is 12.6. The van der Waals surface area contributed by atoms with Gasteiger partial charge in [-0.25, -0.2) is 0 Å². The van der Waals surface area contributed by atoms with Gasteiger partial charge in [-0.1, -0.05) is 75.6 Å². The van der Waals surface area contributed by atoms with Crippen molar-refractivity contribution in [1.29, 1.82) is 0 Å². The molecule has 0 aromatic heterocycles. The number of hydrogen-bond donors (Lipinski definition) is 2. The van der Waals surface area contributed by atoms with E-state index in [1.165, 1.54) is 56.1 Å². The van der Waals surface area contributed by atoms with Gasteiger partial charge in [-0.2, -0.15) is 0 Å². The molecule has 0 spiro atoms. The number of nitrogens with one attached hydrogen (secondary N) is 1. The molecule has 0 aliphatic carbocycles. The van der Waals surface area contributed by atoms with Gasteiger partial charge in [0.25, 0.3) is 0 Å². The zero-order chi connectivity index (χ0) is 15.5. The van der Waals surface area contributed by atoms with Crippen LogP contribution < -0.4 is 11.3 Å². The number of benzene rings is 1. The molecular formula is C18H31ClN2. The van der Waals surface area contributed by atoms with Crippen molar-refractivity contribution in [2.24, 2.45) is 5.84 Å². The minimum Gasteiger partial charge on any atom is -0.271 e. The van der Waals surface area contributed by atoms with E-state index in [2.05, 4.69) is 31.4 Å². The predicted octanol–water partition coefficient (Wildman–Crippen LogP) is 5.16. The molecule has 0 aliphatic heterocycles. The summed E-state index contributed by atoms with van der Waals surface area (Å²) in [5, 5.41) is 0.856. The average Bonchev–Trinajstić information content (AvgIpc) is 2.47. The van der Waals surface area contributed by atoms with Gasteiger partial charge >= 0.3 is 0 Å². The van der Waals surface area contributed by atoms with Gasteiger partial charge in [-0.3, -0.25) is 11.3 Å². The van der Waals surface area contributed by atoms with E-state index < -0.39 is 0 Å². The third kappa shape index (κ3) is 7.85. The molecule has 0 fully saturated rings. The van der Waals surface area contributed by atoms with Gasteiger partial charge in [0.05, 0.1) is 0 Å². The summed E-state index contributed by atoms with van der Waals surface area (Å²) in [4.78, 5) is 0. The quantitative estimate of drug-likeness (QED) is 0.336. The summed E-state index contributed by atoms with van der Waals surface area (Å²) in [7, 11) is 0. The molecule has 0 amide bonds. The maximum absolute atomic E-state index is 6.29. The van der Waals surface area contributed by atoms with Crippen LogP contribution in [0.4, 0.5) is 0 Å². The summed E-state index contributed by atoms with van der Waals surface area (Å²) in [6.07, 6.45) is 11.4. The summed E-state index contributed by atoms with van der Waals surface area (Å²) in [5.41, 5.74) is 5.33. The first-order valence-corrected chi connectivity index (χ1v) is 8.76. The maximum atomic E-state index is 6.29. The molecule has 0 saturated heterocycles. The van der Waals surface area contributed by atoms with Gasteiger partial charge in [0.1, 0.15) is 0 Å². The fourth-order valence-electron chi connectivity index (χ4n) is 2.68. The smallest absolute Gasteiger partial charge is 0.0441 e. The van der Waals surface area contributed by atoms with Gasteiger partial charge in [0.15, 0.2) is 0 Å². The van der Waals surface area contributed by atoms with E-state index in [0.29, 0.717) is 6.04 Å². The van der Waals surface area contributed by atoms with Crippen LogP contribution in [0.1, 0.15) is 69.4 Å². The Bertz CT molecular complexity index is 393. The molecule has 0 bridgehead atoms. The van der Waals surface area contributed by atoms with E-state index in [9.17, 15) is 0 Å². The molecule has 1 unspecified atom stereocenters. The Morgan fingerprint density at radius 2 is 1.76 bits per heavy atom. The second-order valence-electron chi connectivity index (χ2n) is 6.07. The Hall–Kier alpha value is -0.570. The lowest BCUT2D eigenvalue weighted by Gasteiger charge is -2.17.